The Bertz CT molecular complexity index is 325. The first kappa shape index (κ1) is 14.0. The van der Waals surface area contributed by atoms with Gasteiger partial charge in [0.2, 0.25) is 0 Å². The maximum atomic E-state index is 5.99. The standard InChI is InChI=1S/C12H17NO.ClH/c1-4-5-12(13)11-7-6-10(14-3)8-9(11)2;/h4,6-8,12H,1,5,13H2,2-3H3;1H/t12-;/m0./s1. The Balaban J connectivity index is 0.00000196. The Morgan fingerprint density at radius 1 is 1.53 bits per heavy atom. The van der Waals surface area contributed by atoms with E-state index in [9.17, 15) is 0 Å². The van der Waals surface area contributed by atoms with Gasteiger partial charge in [0.25, 0.3) is 0 Å². The molecule has 15 heavy (non-hydrogen) atoms. The molecule has 2 nitrogen and oxygen atoms in total. The third-order valence-corrected chi connectivity index (χ3v) is 2.30. The van der Waals surface area contributed by atoms with Crippen molar-refractivity contribution in [2.24, 2.45) is 5.73 Å². The lowest BCUT2D eigenvalue weighted by Gasteiger charge is -2.13. The summed E-state index contributed by atoms with van der Waals surface area (Å²) in [7, 11) is 1.66. The molecule has 1 rings (SSSR count). The topological polar surface area (TPSA) is 35.2 Å². The highest BCUT2D eigenvalue weighted by atomic mass is 35.5. The van der Waals surface area contributed by atoms with Gasteiger partial charge in [-0.05, 0) is 36.6 Å². The number of hydrogen-bond acceptors (Lipinski definition) is 2. The van der Waals surface area contributed by atoms with Crippen LogP contribution in [0, 0.1) is 6.92 Å². The summed E-state index contributed by atoms with van der Waals surface area (Å²) < 4.78 is 5.13. The summed E-state index contributed by atoms with van der Waals surface area (Å²) in [6.45, 7) is 5.73. The van der Waals surface area contributed by atoms with Crippen molar-refractivity contribution in [3.63, 3.8) is 0 Å². The second-order valence-electron chi connectivity index (χ2n) is 3.35. The number of ether oxygens (including phenoxy) is 1. The molecule has 1 aromatic carbocycles. The van der Waals surface area contributed by atoms with Crippen LogP contribution >= 0.6 is 12.4 Å². The molecule has 0 bridgehead atoms. The van der Waals surface area contributed by atoms with Crippen molar-refractivity contribution in [2.75, 3.05) is 7.11 Å². The monoisotopic (exact) mass is 227 g/mol. The highest BCUT2D eigenvalue weighted by molar-refractivity contribution is 5.85. The van der Waals surface area contributed by atoms with Crippen molar-refractivity contribution in [1.82, 2.24) is 0 Å². The van der Waals surface area contributed by atoms with E-state index in [0.717, 1.165) is 17.7 Å². The molecule has 0 heterocycles. The summed E-state index contributed by atoms with van der Waals surface area (Å²) in [6.07, 6.45) is 2.64. The van der Waals surface area contributed by atoms with E-state index in [0.29, 0.717) is 0 Å². The molecule has 0 amide bonds. The highest BCUT2D eigenvalue weighted by Crippen LogP contribution is 2.22. The highest BCUT2D eigenvalue weighted by Gasteiger charge is 2.07. The van der Waals surface area contributed by atoms with Crippen LogP contribution in [-0.4, -0.2) is 7.11 Å². The predicted octanol–water partition coefficient (Wildman–Crippen LogP) is 3.00. The SMILES string of the molecule is C=CC[C@H](N)c1ccc(OC)cc1C.Cl. The Kier molecular flexibility index (Phi) is 6.06. The lowest BCUT2D eigenvalue weighted by Crippen LogP contribution is -2.10. The van der Waals surface area contributed by atoms with E-state index in [-0.39, 0.29) is 18.4 Å². The fourth-order valence-electron chi connectivity index (χ4n) is 1.50. The van der Waals surface area contributed by atoms with Crippen LogP contribution in [0.3, 0.4) is 0 Å². The average Bonchev–Trinajstić information content (AvgIpc) is 2.17. The molecule has 0 fully saturated rings. The van der Waals surface area contributed by atoms with E-state index < -0.39 is 0 Å². The van der Waals surface area contributed by atoms with Crippen molar-refractivity contribution in [3.05, 3.63) is 42.0 Å². The van der Waals surface area contributed by atoms with E-state index in [1.165, 1.54) is 5.56 Å². The van der Waals surface area contributed by atoms with Gasteiger partial charge in [0.05, 0.1) is 7.11 Å². The van der Waals surface area contributed by atoms with Crippen molar-refractivity contribution >= 4 is 12.4 Å². The molecule has 3 heteroatoms. The second kappa shape index (κ2) is 6.49. The van der Waals surface area contributed by atoms with Gasteiger partial charge < -0.3 is 10.5 Å². The molecule has 0 radical (unpaired) electrons. The van der Waals surface area contributed by atoms with Gasteiger partial charge in [-0.3, -0.25) is 0 Å². The van der Waals surface area contributed by atoms with Crippen molar-refractivity contribution in [1.29, 1.82) is 0 Å². The van der Waals surface area contributed by atoms with Crippen LogP contribution in [0.25, 0.3) is 0 Å². The van der Waals surface area contributed by atoms with Gasteiger partial charge in [-0.1, -0.05) is 12.1 Å². The lowest BCUT2D eigenvalue weighted by molar-refractivity contribution is 0.414. The third-order valence-electron chi connectivity index (χ3n) is 2.30. The van der Waals surface area contributed by atoms with Gasteiger partial charge in [0, 0.05) is 6.04 Å². The maximum absolute atomic E-state index is 5.99. The third kappa shape index (κ3) is 3.57. The molecular weight excluding hydrogens is 210 g/mol. The largest absolute Gasteiger partial charge is 0.497 e. The molecule has 0 saturated heterocycles. The number of benzene rings is 1. The first-order valence-corrected chi connectivity index (χ1v) is 4.70. The molecule has 0 aliphatic rings. The number of hydrogen-bond donors (Lipinski definition) is 1. The van der Waals surface area contributed by atoms with Gasteiger partial charge in [-0.25, -0.2) is 0 Å². The summed E-state index contributed by atoms with van der Waals surface area (Å²) in [5, 5.41) is 0. The number of halogens is 1. The van der Waals surface area contributed by atoms with Gasteiger partial charge in [-0.2, -0.15) is 0 Å². The Morgan fingerprint density at radius 2 is 2.20 bits per heavy atom. The quantitative estimate of drug-likeness (QED) is 0.803. The number of rotatable bonds is 4. The van der Waals surface area contributed by atoms with Crippen LogP contribution in [0.15, 0.2) is 30.9 Å². The zero-order valence-corrected chi connectivity index (χ0v) is 10.0. The molecular formula is C12H18ClNO. The molecule has 0 aromatic heterocycles. The predicted molar refractivity (Wildman–Crippen MR) is 66.7 cm³/mol. The van der Waals surface area contributed by atoms with Crippen LogP contribution in [0.2, 0.25) is 0 Å². The van der Waals surface area contributed by atoms with Crippen LogP contribution in [0.1, 0.15) is 23.6 Å². The Morgan fingerprint density at radius 3 is 2.67 bits per heavy atom. The minimum atomic E-state index is 0. The first-order valence-electron chi connectivity index (χ1n) is 4.70. The van der Waals surface area contributed by atoms with Crippen LogP contribution < -0.4 is 10.5 Å². The van der Waals surface area contributed by atoms with Crippen molar-refractivity contribution < 1.29 is 4.74 Å². The smallest absolute Gasteiger partial charge is 0.119 e. The summed E-state index contributed by atoms with van der Waals surface area (Å²) in [5.74, 6) is 0.872. The van der Waals surface area contributed by atoms with E-state index in [4.69, 9.17) is 10.5 Å². The van der Waals surface area contributed by atoms with Crippen LogP contribution in [0.5, 0.6) is 5.75 Å². The van der Waals surface area contributed by atoms with Crippen molar-refractivity contribution in [3.8, 4) is 5.75 Å². The number of nitrogens with two attached hydrogens (primary N) is 1. The summed E-state index contributed by atoms with van der Waals surface area (Å²) in [6, 6.07) is 5.99. The van der Waals surface area contributed by atoms with E-state index in [1.807, 2.05) is 31.2 Å². The van der Waals surface area contributed by atoms with Crippen LogP contribution in [-0.2, 0) is 0 Å². The molecule has 2 N–H and O–H groups in total. The minimum Gasteiger partial charge on any atom is -0.497 e. The fraction of sp³-hybridized carbons (Fsp3) is 0.333. The summed E-state index contributed by atoms with van der Waals surface area (Å²) >= 11 is 0. The molecule has 1 aromatic rings. The second-order valence-corrected chi connectivity index (χ2v) is 3.35. The maximum Gasteiger partial charge on any atom is 0.119 e. The van der Waals surface area contributed by atoms with Gasteiger partial charge >= 0.3 is 0 Å². The molecule has 84 valence electrons. The zero-order chi connectivity index (χ0) is 10.6. The average molecular weight is 228 g/mol. The molecule has 0 aliphatic heterocycles. The fourth-order valence-corrected chi connectivity index (χ4v) is 1.50. The molecule has 1 atom stereocenters. The van der Waals surface area contributed by atoms with E-state index >= 15 is 0 Å². The van der Waals surface area contributed by atoms with Crippen LogP contribution in [0.4, 0.5) is 0 Å². The molecule has 0 saturated carbocycles. The van der Waals surface area contributed by atoms with E-state index in [2.05, 4.69) is 6.58 Å². The first-order chi connectivity index (χ1) is 6.69. The molecule has 0 unspecified atom stereocenters. The zero-order valence-electron chi connectivity index (χ0n) is 9.19. The normalized spacial score (nSPS) is 11.4. The Hall–Kier alpha value is -0.990. The minimum absolute atomic E-state index is 0. The van der Waals surface area contributed by atoms with Gasteiger partial charge in [-0.15, -0.1) is 19.0 Å². The molecule has 0 aliphatic carbocycles. The number of methoxy groups -OCH3 is 1. The molecule has 0 spiro atoms. The van der Waals surface area contributed by atoms with E-state index in [1.54, 1.807) is 7.11 Å². The summed E-state index contributed by atoms with van der Waals surface area (Å²) in [4.78, 5) is 0. The number of aryl methyl sites for hydroxylation is 1. The van der Waals surface area contributed by atoms with Gasteiger partial charge in [0.1, 0.15) is 5.75 Å². The lowest BCUT2D eigenvalue weighted by atomic mass is 9.99. The van der Waals surface area contributed by atoms with Gasteiger partial charge in [0.15, 0.2) is 0 Å². The Labute approximate surface area is 97.5 Å². The van der Waals surface area contributed by atoms with Crippen molar-refractivity contribution in [2.45, 2.75) is 19.4 Å². The summed E-state index contributed by atoms with van der Waals surface area (Å²) in [5.41, 5.74) is 8.31.